The van der Waals surface area contributed by atoms with Crippen molar-refractivity contribution in [3.05, 3.63) is 36.0 Å². The second-order valence-corrected chi connectivity index (χ2v) is 2.95. The molecule has 1 heterocycles. The first-order valence-electron chi connectivity index (χ1n) is 4.06. The summed E-state index contributed by atoms with van der Waals surface area (Å²) in [7, 11) is 0. The summed E-state index contributed by atoms with van der Waals surface area (Å²) in [5.74, 6) is -0.984. The van der Waals surface area contributed by atoms with Crippen LogP contribution in [0.15, 0.2) is 30.5 Å². The summed E-state index contributed by atoms with van der Waals surface area (Å²) in [4.78, 5) is 14.8. The molecule has 0 saturated heterocycles. The molecule has 15 heavy (non-hydrogen) atoms. The van der Waals surface area contributed by atoms with E-state index >= 15 is 0 Å². The fourth-order valence-corrected chi connectivity index (χ4v) is 1.34. The number of halogens is 1. The molecule has 4 nitrogen and oxygen atoms in total. The zero-order chi connectivity index (χ0) is 10.1. The van der Waals surface area contributed by atoms with Crippen molar-refractivity contribution in [1.29, 1.82) is 0 Å². The first kappa shape index (κ1) is 11.3. The Morgan fingerprint density at radius 1 is 1.40 bits per heavy atom. The average molecular weight is 225 g/mol. The lowest BCUT2D eigenvalue weighted by atomic mass is 10.1. The summed E-state index contributed by atoms with van der Waals surface area (Å²) < 4.78 is 0. The van der Waals surface area contributed by atoms with Crippen molar-refractivity contribution in [2.75, 3.05) is 5.73 Å². The highest BCUT2D eigenvalue weighted by atomic mass is 35.5. The second kappa shape index (κ2) is 4.14. The van der Waals surface area contributed by atoms with E-state index in [1.807, 2.05) is 0 Å². The number of aromatic nitrogens is 1. The molecule has 2 aromatic rings. The predicted octanol–water partition coefficient (Wildman–Crippen LogP) is 1.94. The van der Waals surface area contributed by atoms with E-state index in [4.69, 9.17) is 10.8 Å². The van der Waals surface area contributed by atoms with Gasteiger partial charge in [0, 0.05) is 11.6 Å². The number of carbonyl (C=O) groups is 1. The largest absolute Gasteiger partial charge is 0.478 e. The highest BCUT2D eigenvalue weighted by Gasteiger charge is 2.06. The van der Waals surface area contributed by atoms with Crippen LogP contribution in [-0.4, -0.2) is 16.1 Å². The maximum Gasteiger partial charge on any atom is 0.335 e. The number of nitrogens with two attached hydrogens (primary N) is 1. The number of anilines is 1. The van der Waals surface area contributed by atoms with Crippen LogP contribution in [-0.2, 0) is 0 Å². The highest BCUT2D eigenvalue weighted by Crippen LogP contribution is 2.20. The third-order valence-corrected chi connectivity index (χ3v) is 1.98. The van der Waals surface area contributed by atoms with Gasteiger partial charge in [-0.2, -0.15) is 0 Å². The van der Waals surface area contributed by atoms with Gasteiger partial charge >= 0.3 is 5.97 Å². The van der Waals surface area contributed by atoms with E-state index in [2.05, 4.69) is 4.98 Å². The summed E-state index contributed by atoms with van der Waals surface area (Å²) >= 11 is 0. The van der Waals surface area contributed by atoms with Crippen molar-refractivity contribution in [1.82, 2.24) is 4.98 Å². The van der Waals surface area contributed by atoms with Crippen LogP contribution in [0.25, 0.3) is 10.9 Å². The summed E-state index contributed by atoms with van der Waals surface area (Å²) in [6.45, 7) is 0. The highest BCUT2D eigenvalue weighted by molar-refractivity contribution is 5.98. The van der Waals surface area contributed by atoms with E-state index in [9.17, 15) is 4.79 Å². The number of hydrogen-bond acceptors (Lipinski definition) is 3. The Bertz CT molecular complexity index is 514. The molecule has 0 amide bonds. The molecule has 0 aliphatic carbocycles. The van der Waals surface area contributed by atoms with Gasteiger partial charge in [-0.05, 0) is 18.2 Å². The zero-order valence-corrected chi connectivity index (χ0v) is 8.49. The summed E-state index contributed by atoms with van der Waals surface area (Å²) in [6, 6.07) is 6.50. The fourth-order valence-electron chi connectivity index (χ4n) is 1.34. The van der Waals surface area contributed by atoms with Crippen LogP contribution in [0.2, 0.25) is 0 Å². The molecule has 1 aromatic carbocycles. The molecule has 0 aliphatic heterocycles. The Morgan fingerprint density at radius 3 is 2.80 bits per heavy atom. The molecule has 0 bridgehead atoms. The number of benzene rings is 1. The maximum atomic E-state index is 10.7. The SMILES string of the molecule is Cl.Nc1cc(C(=O)O)cc2cccnc12. The monoisotopic (exact) mass is 224 g/mol. The average Bonchev–Trinajstić information content (AvgIpc) is 2.17. The molecule has 0 saturated carbocycles. The molecule has 0 aliphatic rings. The molecule has 0 atom stereocenters. The van der Waals surface area contributed by atoms with Crippen LogP contribution in [0.1, 0.15) is 10.4 Å². The minimum atomic E-state index is -0.984. The first-order chi connectivity index (χ1) is 6.68. The Morgan fingerprint density at radius 2 is 2.13 bits per heavy atom. The summed E-state index contributed by atoms with van der Waals surface area (Å²) in [5.41, 5.74) is 6.88. The number of rotatable bonds is 1. The number of pyridine rings is 1. The van der Waals surface area contributed by atoms with Gasteiger partial charge in [0.05, 0.1) is 16.8 Å². The predicted molar refractivity (Wildman–Crippen MR) is 60.4 cm³/mol. The second-order valence-electron chi connectivity index (χ2n) is 2.95. The van der Waals surface area contributed by atoms with Crippen molar-refractivity contribution in [3.63, 3.8) is 0 Å². The molecular formula is C10H9ClN2O2. The van der Waals surface area contributed by atoms with Crippen molar-refractivity contribution in [2.45, 2.75) is 0 Å². The molecule has 0 radical (unpaired) electrons. The van der Waals surface area contributed by atoms with Gasteiger partial charge in [0.25, 0.3) is 0 Å². The minimum absolute atomic E-state index is 0. The first-order valence-corrected chi connectivity index (χ1v) is 4.06. The quantitative estimate of drug-likeness (QED) is 0.726. The van der Waals surface area contributed by atoms with Crippen molar-refractivity contribution >= 4 is 35.0 Å². The number of fused-ring (bicyclic) bond motifs is 1. The molecule has 0 spiro atoms. The number of carboxylic acids is 1. The van der Waals surface area contributed by atoms with Crippen molar-refractivity contribution in [2.24, 2.45) is 0 Å². The number of aromatic carboxylic acids is 1. The topological polar surface area (TPSA) is 76.2 Å². The smallest absolute Gasteiger partial charge is 0.335 e. The third-order valence-electron chi connectivity index (χ3n) is 1.98. The maximum absolute atomic E-state index is 10.7. The van der Waals surface area contributed by atoms with E-state index in [1.165, 1.54) is 6.07 Å². The van der Waals surface area contributed by atoms with E-state index in [-0.39, 0.29) is 18.0 Å². The van der Waals surface area contributed by atoms with Gasteiger partial charge in [0.1, 0.15) is 0 Å². The van der Waals surface area contributed by atoms with E-state index < -0.39 is 5.97 Å². The molecule has 0 fully saturated rings. The Labute approximate surface area is 92.1 Å². The number of nitrogen functional groups attached to an aromatic ring is 1. The molecule has 5 heteroatoms. The molecule has 3 N–H and O–H groups in total. The van der Waals surface area contributed by atoms with Crippen LogP contribution in [0.4, 0.5) is 5.69 Å². The number of nitrogens with zero attached hydrogens (tertiary/aromatic N) is 1. The Hall–Kier alpha value is -1.81. The van der Waals surface area contributed by atoms with Gasteiger partial charge in [0.15, 0.2) is 0 Å². The fraction of sp³-hybridized carbons (Fsp3) is 0. The Balaban J connectivity index is 0.00000112. The van der Waals surface area contributed by atoms with Gasteiger partial charge in [-0.3, -0.25) is 4.98 Å². The lowest BCUT2D eigenvalue weighted by Crippen LogP contribution is -1.99. The van der Waals surface area contributed by atoms with Crippen LogP contribution >= 0.6 is 12.4 Å². The van der Waals surface area contributed by atoms with E-state index in [1.54, 1.807) is 24.4 Å². The third kappa shape index (κ3) is 1.99. The standard InChI is InChI=1S/C10H8N2O2.ClH/c11-8-5-7(10(13)14)4-6-2-1-3-12-9(6)8;/h1-5H,11H2,(H,13,14);1H. The van der Waals surface area contributed by atoms with Gasteiger partial charge < -0.3 is 10.8 Å². The van der Waals surface area contributed by atoms with E-state index in [0.29, 0.717) is 11.2 Å². The summed E-state index contributed by atoms with van der Waals surface area (Å²) in [5, 5.41) is 9.53. The van der Waals surface area contributed by atoms with Crippen LogP contribution in [0.5, 0.6) is 0 Å². The van der Waals surface area contributed by atoms with Crippen molar-refractivity contribution < 1.29 is 9.90 Å². The lowest BCUT2D eigenvalue weighted by Gasteiger charge is -2.02. The number of carboxylic acid groups (broad SMARTS) is 1. The van der Waals surface area contributed by atoms with Crippen LogP contribution in [0.3, 0.4) is 0 Å². The van der Waals surface area contributed by atoms with Gasteiger partial charge in [-0.15, -0.1) is 12.4 Å². The van der Waals surface area contributed by atoms with E-state index in [0.717, 1.165) is 5.39 Å². The molecule has 78 valence electrons. The van der Waals surface area contributed by atoms with Crippen molar-refractivity contribution in [3.8, 4) is 0 Å². The number of hydrogen-bond donors (Lipinski definition) is 2. The van der Waals surface area contributed by atoms with Crippen LogP contribution in [0, 0.1) is 0 Å². The van der Waals surface area contributed by atoms with Gasteiger partial charge in [-0.25, -0.2) is 4.79 Å². The summed E-state index contributed by atoms with van der Waals surface area (Å²) in [6.07, 6.45) is 1.62. The lowest BCUT2D eigenvalue weighted by molar-refractivity contribution is 0.0697. The molecule has 2 rings (SSSR count). The molecule has 0 unspecified atom stereocenters. The Kier molecular flexibility index (Phi) is 3.11. The minimum Gasteiger partial charge on any atom is -0.478 e. The molecule has 1 aromatic heterocycles. The van der Waals surface area contributed by atoms with Crippen LogP contribution < -0.4 is 5.73 Å². The molecular weight excluding hydrogens is 216 g/mol. The zero-order valence-electron chi connectivity index (χ0n) is 7.68. The van der Waals surface area contributed by atoms with Gasteiger partial charge in [0.2, 0.25) is 0 Å². The van der Waals surface area contributed by atoms with Gasteiger partial charge in [-0.1, -0.05) is 6.07 Å². The normalized spacial score (nSPS) is 9.60.